The van der Waals surface area contributed by atoms with Crippen LogP contribution in [0.2, 0.25) is 0 Å². The van der Waals surface area contributed by atoms with Gasteiger partial charge in [-0.15, -0.1) is 0 Å². The highest BCUT2D eigenvalue weighted by Gasteiger charge is 2.32. The molecule has 1 atom stereocenters. The summed E-state index contributed by atoms with van der Waals surface area (Å²) < 4.78 is 18.7. The SMILES string of the molecule is Cc1cc([C@H]2CCCN2C(=O)NCc2ccccc2F)no1. The Morgan fingerprint density at radius 3 is 3.05 bits per heavy atom. The molecule has 1 saturated heterocycles. The van der Waals surface area contributed by atoms with Gasteiger partial charge in [0.25, 0.3) is 0 Å². The number of halogens is 1. The fraction of sp³-hybridized carbons (Fsp3) is 0.375. The van der Waals surface area contributed by atoms with Crippen LogP contribution in [0.4, 0.5) is 9.18 Å². The number of hydrogen-bond donors (Lipinski definition) is 1. The van der Waals surface area contributed by atoms with Crippen LogP contribution in [0, 0.1) is 12.7 Å². The summed E-state index contributed by atoms with van der Waals surface area (Å²) in [6.45, 7) is 2.67. The first-order chi connectivity index (χ1) is 10.6. The first-order valence-electron chi connectivity index (χ1n) is 7.36. The van der Waals surface area contributed by atoms with Crippen LogP contribution in [-0.4, -0.2) is 22.6 Å². The number of carbonyl (C=O) groups excluding carboxylic acids is 1. The first kappa shape index (κ1) is 14.6. The maximum absolute atomic E-state index is 13.6. The highest BCUT2D eigenvalue weighted by atomic mass is 19.1. The lowest BCUT2D eigenvalue weighted by molar-refractivity contribution is 0.190. The van der Waals surface area contributed by atoms with E-state index >= 15 is 0 Å². The van der Waals surface area contributed by atoms with Crippen molar-refractivity contribution >= 4 is 6.03 Å². The maximum Gasteiger partial charge on any atom is 0.318 e. The number of likely N-dealkylation sites (tertiary alicyclic amines) is 1. The van der Waals surface area contributed by atoms with Crippen LogP contribution in [0.25, 0.3) is 0 Å². The van der Waals surface area contributed by atoms with Gasteiger partial charge in [-0.3, -0.25) is 0 Å². The van der Waals surface area contributed by atoms with Crippen LogP contribution in [0.3, 0.4) is 0 Å². The number of nitrogens with one attached hydrogen (secondary N) is 1. The molecule has 1 fully saturated rings. The molecular weight excluding hydrogens is 285 g/mol. The third-order valence-electron chi connectivity index (χ3n) is 3.89. The number of aromatic nitrogens is 1. The van der Waals surface area contributed by atoms with E-state index in [0.717, 1.165) is 24.3 Å². The van der Waals surface area contributed by atoms with Crippen LogP contribution in [0.5, 0.6) is 0 Å². The van der Waals surface area contributed by atoms with Crippen molar-refractivity contribution in [1.29, 1.82) is 0 Å². The van der Waals surface area contributed by atoms with Crippen LogP contribution >= 0.6 is 0 Å². The fourth-order valence-electron chi connectivity index (χ4n) is 2.77. The molecule has 3 rings (SSSR count). The highest BCUT2D eigenvalue weighted by molar-refractivity contribution is 5.75. The second-order valence-electron chi connectivity index (χ2n) is 5.46. The van der Waals surface area contributed by atoms with Crippen molar-refractivity contribution in [2.75, 3.05) is 6.54 Å². The van der Waals surface area contributed by atoms with E-state index in [9.17, 15) is 9.18 Å². The molecule has 0 unspecified atom stereocenters. The smallest absolute Gasteiger partial charge is 0.318 e. The van der Waals surface area contributed by atoms with Gasteiger partial charge in [0.05, 0.1) is 6.04 Å². The summed E-state index contributed by atoms with van der Waals surface area (Å²) >= 11 is 0. The number of hydrogen-bond acceptors (Lipinski definition) is 3. The Labute approximate surface area is 128 Å². The number of urea groups is 1. The van der Waals surface area contributed by atoms with E-state index in [1.807, 2.05) is 13.0 Å². The minimum absolute atomic E-state index is 0.0712. The summed E-state index contributed by atoms with van der Waals surface area (Å²) in [5.74, 6) is 0.418. The zero-order chi connectivity index (χ0) is 15.5. The van der Waals surface area contributed by atoms with Crippen LogP contribution in [0.15, 0.2) is 34.9 Å². The summed E-state index contributed by atoms with van der Waals surface area (Å²) in [5, 5.41) is 6.78. The van der Waals surface area contributed by atoms with E-state index in [0.29, 0.717) is 12.1 Å². The summed E-state index contributed by atoms with van der Waals surface area (Å²) in [4.78, 5) is 14.1. The zero-order valence-corrected chi connectivity index (χ0v) is 12.4. The number of carbonyl (C=O) groups is 1. The van der Waals surface area contributed by atoms with Crippen molar-refractivity contribution in [3.05, 3.63) is 53.2 Å². The monoisotopic (exact) mass is 303 g/mol. The predicted molar refractivity (Wildman–Crippen MR) is 78.6 cm³/mol. The molecule has 6 heteroatoms. The molecule has 0 aliphatic carbocycles. The molecule has 2 aromatic rings. The lowest BCUT2D eigenvalue weighted by atomic mass is 10.1. The van der Waals surface area contributed by atoms with Crippen molar-refractivity contribution in [3.63, 3.8) is 0 Å². The zero-order valence-electron chi connectivity index (χ0n) is 12.4. The molecule has 1 aromatic carbocycles. The number of amides is 2. The van der Waals surface area contributed by atoms with Gasteiger partial charge in [-0.05, 0) is 25.8 Å². The molecule has 1 N–H and O–H groups in total. The van der Waals surface area contributed by atoms with Gasteiger partial charge in [-0.25, -0.2) is 9.18 Å². The Kier molecular flexibility index (Phi) is 4.09. The second-order valence-corrected chi connectivity index (χ2v) is 5.46. The topological polar surface area (TPSA) is 58.4 Å². The molecule has 2 heterocycles. The van der Waals surface area contributed by atoms with Gasteiger partial charge < -0.3 is 14.7 Å². The summed E-state index contributed by atoms with van der Waals surface area (Å²) in [6, 6.07) is 8.01. The summed E-state index contributed by atoms with van der Waals surface area (Å²) in [5.41, 5.74) is 1.25. The van der Waals surface area contributed by atoms with E-state index in [4.69, 9.17) is 4.52 Å². The molecule has 22 heavy (non-hydrogen) atoms. The van der Waals surface area contributed by atoms with E-state index in [-0.39, 0.29) is 24.4 Å². The Bertz CT molecular complexity index is 671. The Morgan fingerprint density at radius 2 is 2.32 bits per heavy atom. The maximum atomic E-state index is 13.6. The largest absolute Gasteiger partial charge is 0.361 e. The molecule has 0 bridgehead atoms. The normalized spacial score (nSPS) is 17.7. The molecule has 0 radical (unpaired) electrons. The molecule has 2 amide bonds. The first-order valence-corrected chi connectivity index (χ1v) is 7.36. The Morgan fingerprint density at radius 1 is 1.50 bits per heavy atom. The van der Waals surface area contributed by atoms with Gasteiger partial charge in [-0.2, -0.15) is 0 Å². The molecule has 116 valence electrons. The lowest BCUT2D eigenvalue weighted by Crippen LogP contribution is -2.39. The quantitative estimate of drug-likeness (QED) is 0.947. The van der Waals surface area contributed by atoms with Crippen LogP contribution in [-0.2, 0) is 6.54 Å². The standard InChI is InChI=1S/C16H18FN3O2/c1-11-9-14(19-22-11)15-7-4-8-20(15)16(21)18-10-12-5-2-3-6-13(12)17/h2-3,5-6,9,15H,4,7-8,10H2,1H3,(H,18,21)/t15-/m1/s1. The molecule has 5 nitrogen and oxygen atoms in total. The van der Waals surface area contributed by atoms with Crippen molar-refractivity contribution in [3.8, 4) is 0 Å². The number of benzene rings is 1. The summed E-state index contributed by atoms with van der Waals surface area (Å²) in [7, 11) is 0. The predicted octanol–water partition coefficient (Wildman–Crippen LogP) is 3.17. The third kappa shape index (κ3) is 2.95. The third-order valence-corrected chi connectivity index (χ3v) is 3.89. The highest BCUT2D eigenvalue weighted by Crippen LogP contribution is 2.31. The molecule has 0 spiro atoms. The minimum atomic E-state index is -0.312. The van der Waals surface area contributed by atoms with Crippen molar-refractivity contribution in [2.45, 2.75) is 32.4 Å². The summed E-state index contributed by atoms with van der Waals surface area (Å²) in [6.07, 6.45) is 1.78. The number of nitrogens with zero attached hydrogens (tertiary/aromatic N) is 2. The van der Waals surface area contributed by atoms with E-state index in [2.05, 4.69) is 10.5 Å². The van der Waals surface area contributed by atoms with Crippen molar-refractivity contribution < 1.29 is 13.7 Å². The van der Waals surface area contributed by atoms with Crippen molar-refractivity contribution in [2.24, 2.45) is 0 Å². The average Bonchev–Trinajstić information content (AvgIpc) is 3.14. The van der Waals surface area contributed by atoms with Gasteiger partial charge in [-0.1, -0.05) is 23.4 Å². The lowest BCUT2D eigenvalue weighted by Gasteiger charge is -2.23. The van der Waals surface area contributed by atoms with Gasteiger partial charge >= 0.3 is 6.03 Å². The van der Waals surface area contributed by atoms with E-state index < -0.39 is 0 Å². The fourth-order valence-corrected chi connectivity index (χ4v) is 2.77. The number of rotatable bonds is 3. The molecule has 1 aliphatic heterocycles. The van der Waals surface area contributed by atoms with E-state index in [1.54, 1.807) is 23.1 Å². The van der Waals surface area contributed by atoms with Crippen molar-refractivity contribution in [1.82, 2.24) is 15.4 Å². The van der Waals surface area contributed by atoms with Gasteiger partial charge in [0.1, 0.15) is 17.3 Å². The average molecular weight is 303 g/mol. The van der Waals surface area contributed by atoms with Gasteiger partial charge in [0, 0.05) is 24.7 Å². The Hall–Kier alpha value is -2.37. The molecule has 0 saturated carbocycles. The minimum Gasteiger partial charge on any atom is -0.361 e. The second kappa shape index (κ2) is 6.17. The van der Waals surface area contributed by atoms with Crippen LogP contribution < -0.4 is 5.32 Å². The molecule has 1 aliphatic rings. The Balaban J connectivity index is 1.65. The van der Waals surface area contributed by atoms with E-state index in [1.165, 1.54) is 6.07 Å². The van der Waals surface area contributed by atoms with Gasteiger partial charge in [0.15, 0.2) is 0 Å². The van der Waals surface area contributed by atoms with Crippen LogP contribution in [0.1, 0.15) is 35.9 Å². The van der Waals surface area contributed by atoms with Gasteiger partial charge in [0.2, 0.25) is 0 Å². The molecule has 1 aromatic heterocycles. The number of aryl methyl sites for hydroxylation is 1. The molecular formula is C16H18FN3O2.